The molecule has 0 aliphatic carbocycles. The van der Waals surface area contributed by atoms with E-state index >= 15 is 0 Å². The fourth-order valence-electron chi connectivity index (χ4n) is 2.53. The van der Waals surface area contributed by atoms with E-state index < -0.39 is 6.03 Å². The predicted octanol–water partition coefficient (Wildman–Crippen LogP) is 3.82. The van der Waals surface area contributed by atoms with Crippen molar-refractivity contribution in [2.45, 2.75) is 6.42 Å². The second-order valence-electron chi connectivity index (χ2n) is 6.31. The Labute approximate surface area is 170 Å². The minimum Gasteiger partial charge on any atom is -0.385 e. The SMILES string of the molecule is COCCCNC(=O)c1cc(NC(=O)Nc2ccc(Cl)cc2)ccc1N(C)C. The average Bonchev–Trinajstić information content (AvgIpc) is 2.66. The van der Waals surface area contributed by atoms with Crippen LogP contribution in [0.5, 0.6) is 0 Å². The number of halogens is 1. The van der Waals surface area contributed by atoms with Crippen LogP contribution in [0.15, 0.2) is 42.5 Å². The van der Waals surface area contributed by atoms with E-state index in [1.807, 2.05) is 19.0 Å². The maximum Gasteiger partial charge on any atom is 0.323 e. The van der Waals surface area contributed by atoms with Gasteiger partial charge >= 0.3 is 6.03 Å². The molecule has 0 atom stereocenters. The number of carbonyl (C=O) groups excluding carboxylic acids is 2. The van der Waals surface area contributed by atoms with Gasteiger partial charge in [-0.15, -0.1) is 0 Å². The van der Waals surface area contributed by atoms with Crippen LogP contribution in [0, 0.1) is 0 Å². The number of methoxy groups -OCH3 is 1. The van der Waals surface area contributed by atoms with Crippen LogP contribution in [0.4, 0.5) is 21.9 Å². The third-order valence-electron chi connectivity index (χ3n) is 3.89. The number of ether oxygens (including phenoxy) is 1. The van der Waals surface area contributed by atoms with Gasteiger partial charge < -0.3 is 25.6 Å². The Kier molecular flexibility index (Phi) is 8.10. The third-order valence-corrected chi connectivity index (χ3v) is 4.15. The zero-order chi connectivity index (χ0) is 20.5. The lowest BCUT2D eigenvalue weighted by Gasteiger charge is -2.18. The van der Waals surface area contributed by atoms with Crippen molar-refractivity contribution in [1.29, 1.82) is 0 Å². The van der Waals surface area contributed by atoms with Crippen LogP contribution in [0.2, 0.25) is 5.02 Å². The van der Waals surface area contributed by atoms with Gasteiger partial charge in [-0.2, -0.15) is 0 Å². The lowest BCUT2D eigenvalue weighted by atomic mass is 10.1. The van der Waals surface area contributed by atoms with Gasteiger partial charge in [0.1, 0.15) is 0 Å². The van der Waals surface area contributed by atoms with Crippen molar-refractivity contribution in [2.24, 2.45) is 0 Å². The summed E-state index contributed by atoms with van der Waals surface area (Å²) in [5, 5.41) is 8.92. The molecule has 3 amide bonds. The van der Waals surface area contributed by atoms with E-state index in [1.165, 1.54) is 0 Å². The van der Waals surface area contributed by atoms with Crippen LogP contribution in [-0.4, -0.2) is 46.3 Å². The van der Waals surface area contributed by atoms with Crippen molar-refractivity contribution < 1.29 is 14.3 Å². The van der Waals surface area contributed by atoms with Gasteiger partial charge in [-0.3, -0.25) is 4.79 Å². The molecule has 0 radical (unpaired) electrons. The summed E-state index contributed by atoms with van der Waals surface area (Å²) < 4.78 is 4.99. The number of carbonyl (C=O) groups is 2. The van der Waals surface area contributed by atoms with Crippen molar-refractivity contribution in [3.8, 4) is 0 Å². The Morgan fingerprint density at radius 1 is 1.04 bits per heavy atom. The molecule has 2 aromatic rings. The summed E-state index contributed by atoms with van der Waals surface area (Å²) >= 11 is 5.84. The molecule has 2 rings (SSSR count). The number of anilines is 3. The van der Waals surface area contributed by atoms with Crippen LogP contribution in [-0.2, 0) is 4.74 Å². The van der Waals surface area contributed by atoms with Crippen LogP contribution in [0.3, 0.4) is 0 Å². The average molecular weight is 405 g/mol. The number of hydrogen-bond acceptors (Lipinski definition) is 4. The Hall–Kier alpha value is -2.77. The fourth-order valence-corrected chi connectivity index (χ4v) is 2.65. The molecule has 7 nitrogen and oxygen atoms in total. The van der Waals surface area contributed by atoms with Gasteiger partial charge in [-0.25, -0.2) is 4.79 Å². The number of urea groups is 1. The van der Waals surface area contributed by atoms with Crippen molar-refractivity contribution in [1.82, 2.24) is 5.32 Å². The zero-order valence-corrected chi connectivity index (χ0v) is 17.0. The molecule has 28 heavy (non-hydrogen) atoms. The predicted molar refractivity (Wildman–Crippen MR) is 114 cm³/mol. The highest BCUT2D eigenvalue weighted by Gasteiger charge is 2.14. The summed E-state index contributed by atoms with van der Waals surface area (Å²) in [5.74, 6) is -0.207. The molecule has 8 heteroatoms. The highest BCUT2D eigenvalue weighted by atomic mass is 35.5. The Morgan fingerprint density at radius 3 is 2.32 bits per heavy atom. The van der Waals surface area contributed by atoms with Gasteiger partial charge in [-0.1, -0.05) is 11.6 Å². The van der Waals surface area contributed by atoms with E-state index in [9.17, 15) is 9.59 Å². The Balaban J connectivity index is 2.08. The summed E-state index contributed by atoms with van der Waals surface area (Å²) in [7, 11) is 5.34. The topological polar surface area (TPSA) is 82.7 Å². The standard InChI is InChI=1S/C20H25ClN4O3/c1-25(2)18-10-9-16(13-17(18)19(26)22-11-4-12-28-3)24-20(27)23-15-7-5-14(21)6-8-15/h5-10,13H,4,11-12H2,1-3H3,(H,22,26)(H2,23,24,27). The highest BCUT2D eigenvalue weighted by Crippen LogP contribution is 2.23. The van der Waals surface area contributed by atoms with E-state index in [2.05, 4.69) is 16.0 Å². The summed E-state index contributed by atoms with van der Waals surface area (Å²) in [6.45, 7) is 1.08. The maximum atomic E-state index is 12.6. The molecule has 2 aromatic carbocycles. The molecular weight excluding hydrogens is 380 g/mol. The normalized spacial score (nSPS) is 10.3. The summed E-state index contributed by atoms with van der Waals surface area (Å²) in [5.41, 5.74) is 2.36. The number of nitrogens with one attached hydrogen (secondary N) is 3. The summed E-state index contributed by atoms with van der Waals surface area (Å²) in [6.07, 6.45) is 0.723. The number of nitrogens with zero attached hydrogens (tertiary/aromatic N) is 1. The number of amides is 3. The molecule has 0 saturated carbocycles. The second-order valence-corrected chi connectivity index (χ2v) is 6.75. The van der Waals surface area contributed by atoms with Crippen molar-refractivity contribution in [2.75, 3.05) is 49.9 Å². The molecule has 0 fully saturated rings. The van der Waals surface area contributed by atoms with Gasteiger partial charge in [0.15, 0.2) is 0 Å². The number of rotatable bonds is 8. The highest BCUT2D eigenvalue weighted by molar-refractivity contribution is 6.30. The van der Waals surface area contributed by atoms with Crippen molar-refractivity contribution >= 4 is 40.6 Å². The zero-order valence-electron chi connectivity index (χ0n) is 16.2. The third kappa shape index (κ3) is 6.44. The van der Waals surface area contributed by atoms with E-state index in [4.69, 9.17) is 16.3 Å². The van der Waals surface area contributed by atoms with E-state index in [-0.39, 0.29) is 5.91 Å². The van der Waals surface area contributed by atoms with Gasteiger partial charge in [0.25, 0.3) is 5.91 Å². The minimum atomic E-state index is -0.411. The molecular formula is C20H25ClN4O3. The van der Waals surface area contributed by atoms with Crippen LogP contribution in [0.1, 0.15) is 16.8 Å². The monoisotopic (exact) mass is 404 g/mol. The first-order chi connectivity index (χ1) is 13.4. The first kappa shape index (κ1) is 21.5. The van der Waals surface area contributed by atoms with Gasteiger partial charge in [-0.05, 0) is 48.9 Å². The minimum absolute atomic E-state index is 0.207. The lowest BCUT2D eigenvalue weighted by molar-refractivity contribution is 0.0949. The smallest absolute Gasteiger partial charge is 0.323 e. The van der Waals surface area contributed by atoms with Crippen LogP contribution < -0.4 is 20.9 Å². The molecule has 0 unspecified atom stereocenters. The van der Waals surface area contributed by atoms with Crippen molar-refractivity contribution in [3.63, 3.8) is 0 Å². The molecule has 0 bridgehead atoms. The molecule has 0 aliphatic heterocycles. The fraction of sp³-hybridized carbons (Fsp3) is 0.300. The first-order valence-corrected chi connectivity index (χ1v) is 9.20. The molecule has 150 valence electrons. The van der Waals surface area contributed by atoms with Crippen molar-refractivity contribution in [3.05, 3.63) is 53.1 Å². The van der Waals surface area contributed by atoms with Crippen LogP contribution in [0.25, 0.3) is 0 Å². The van der Waals surface area contributed by atoms with Crippen LogP contribution >= 0.6 is 11.6 Å². The largest absolute Gasteiger partial charge is 0.385 e. The summed E-state index contributed by atoms with van der Waals surface area (Å²) in [6, 6.07) is 11.6. The van der Waals surface area contributed by atoms with E-state index in [0.29, 0.717) is 35.1 Å². The molecule has 0 aromatic heterocycles. The van der Waals surface area contributed by atoms with Gasteiger partial charge in [0.05, 0.1) is 5.56 Å². The molecule has 3 N–H and O–H groups in total. The van der Waals surface area contributed by atoms with E-state index in [0.717, 1.165) is 12.1 Å². The van der Waals surface area contributed by atoms with E-state index in [1.54, 1.807) is 49.6 Å². The summed E-state index contributed by atoms with van der Waals surface area (Å²) in [4.78, 5) is 26.7. The molecule has 0 saturated heterocycles. The second kappa shape index (κ2) is 10.5. The van der Waals surface area contributed by atoms with Gasteiger partial charge in [0.2, 0.25) is 0 Å². The quantitative estimate of drug-likeness (QED) is 0.584. The van der Waals surface area contributed by atoms with Gasteiger partial charge in [0, 0.05) is 56.4 Å². The molecule has 0 spiro atoms. The first-order valence-electron chi connectivity index (χ1n) is 8.83. The Bertz CT molecular complexity index is 810. The number of benzene rings is 2. The Morgan fingerprint density at radius 2 is 1.68 bits per heavy atom. The molecule has 0 aliphatic rings. The maximum absolute atomic E-state index is 12.6. The lowest BCUT2D eigenvalue weighted by Crippen LogP contribution is -2.27. The molecule has 0 heterocycles. The number of hydrogen-bond donors (Lipinski definition) is 3.